The van der Waals surface area contributed by atoms with Crippen LogP contribution in [0.4, 0.5) is 0 Å². The summed E-state index contributed by atoms with van der Waals surface area (Å²) in [6, 6.07) is 7.32. The Morgan fingerprint density at radius 3 is 2.29 bits per heavy atom. The molecule has 1 aromatic carbocycles. The second kappa shape index (κ2) is 9.60. The highest BCUT2D eigenvalue weighted by molar-refractivity contribution is 5.39. The average Bonchev–Trinajstić information content (AvgIpc) is 2.44. The third kappa shape index (κ3) is 7.32. The van der Waals surface area contributed by atoms with E-state index in [4.69, 9.17) is 9.47 Å². The third-order valence-corrected chi connectivity index (χ3v) is 3.00. The Bertz CT molecular complexity index is 398. The molecule has 0 saturated heterocycles. The summed E-state index contributed by atoms with van der Waals surface area (Å²) in [5, 5.41) is 22.6. The van der Waals surface area contributed by atoms with Crippen molar-refractivity contribution < 1.29 is 19.7 Å². The first kappa shape index (κ1) is 17.8. The molecule has 120 valence electrons. The maximum absolute atomic E-state index is 9.86. The van der Waals surface area contributed by atoms with Crippen molar-refractivity contribution in [1.82, 2.24) is 5.32 Å². The molecule has 21 heavy (non-hydrogen) atoms. The van der Waals surface area contributed by atoms with Crippen molar-refractivity contribution in [3.8, 4) is 11.5 Å². The highest BCUT2D eigenvalue weighted by atomic mass is 16.5. The van der Waals surface area contributed by atoms with E-state index in [9.17, 15) is 10.2 Å². The quantitative estimate of drug-likeness (QED) is 0.609. The Kier molecular flexibility index (Phi) is 8.12. The van der Waals surface area contributed by atoms with Crippen LogP contribution < -0.4 is 14.8 Å². The van der Waals surface area contributed by atoms with Crippen LogP contribution in [0.2, 0.25) is 0 Å². The summed E-state index contributed by atoms with van der Waals surface area (Å²) in [6.07, 6.45) is -0.269. The first-order valence-electron chi connectivity index (χ1n) is 7.35. The molecule has 0 aliphatic heterocycles. The van der Waals surface area contributed by atoms with Crippen molar-refractivity contribution in [2.24, 2.45) is 5.92 Å². The summed E-state index contributed by atoms with van der Waals surface area (Å²) in [4.78, 5) is 0. The highest BCUT2D eigenvalue weighted by Gasteiger charge is 2.10. The highest BCUT2D eigenvalue weighted by Crippen LogP contribution is 2.25. The average molecular weight is 297 g/mol. The molecule has 0 amide bonds. The number of methoxy groups -OCH3 is 1. The number of aliphatic hydroxyl groups excluding tert-OH is 2. The van der Waals surface area contributed by atoms with E-state index in [1.807, 2.05) is 18.2 Å². The minimum Gasteiger partial charge on any atom is -0.493 e. The van der Waals surface area contributed by atoms with Crippen molar-refractivity contribution in [3.63, 3.8) is 0 Å². The Morgan fingerprint density at radius 1 is 1.05 bits per heavy atom. The molecule has 0 radical (unpaired) electrons. The van der Waals surface area contributed by atoms with Gasteiger partial charge in [0.15, 0.2) is 11.5 Å². The second-order valence-electron chi connectivity index (χ2n) is 5.56. The summed E-state index contributed by atoms with van der Waals surface area (Å²) >= 11 is 0. The lowest BCUT2D eigenvalue weighted by Crippen LogP contribution is -2.36. The number of hydrogen-bond acceptors (Lipinski definition) is 5. The van der Waals surface area contributed by atoms with E-state index >= 15 is 0 Å². The van der Waals surface area contributed by atoms with Gasteiger partial charge in [-0.05, 0) is 24.5 Å². The van der Waals surface area contributed by atoms with Crippen LogP contribution in [0, 0.1) is 5.92 Å². The molecule has 0 aliphatic rings. The lowest BCUT2D eigenvalue weighted by Gasteiger charge is -2.17. The predicted molar refractivity (Wildman–Crippen MR) is 82.8 cm³/mol. The van der Waals surface area contributed by atoms with Crippen LogP contribution in [-0.4, -0.2) is 49.2 Å². The van der Waals surface area contributed by atoms with Gasteiger partial charge in [-0.3, -0.25) is 0 Å². The van der Waals surface area contributed by atoms with Gasteiger partial charge in [0.1, 0.15) is 12.7 Å². The van der Waals surface area contributed by atoms with Gasteiger partial charge in [0.05, 0.1) is 13.2 Å². The monoisotopic (exact) mass is 297 g/mol. The molecule has 1 aromatic rings. The molecule has 1 rings (SSSR count). The molecule has 5 nitrogen and oxygen atoms in total. The Balaban J connectivity index is 2.23. The number of para-hydroxylation sites is 2. The maximum atomic E-state index is 9.86. The number of hydrogen-bond donors (Lipinski definition) is 3. The molecule has 0 aromatic heterocycles. The van der Waals surface area contributed by atoms with Gasteiger partial charge in [-0.15, -0.1) is 0 Å². The van der Waals surface area contributed by atoms with Gasteiger partial charge in [0, 0.05) is 13.1 Å². The first-order valence-corrected chi connectivity index (χ1v) is 7.35. The van der Waals surface area contributed by atoms with Crippen LogP contribution in [0.15, 0.2) is 24.3 Å². The molecule has 2 unspecified atom stereocenters. The fourth-order valence-corrected chi connectivity index (χ4v) is 2.03. The van der Waals surface area contributed by atoms with E-state index in [2.05, 4.69) is 19.2 Å². The number of aliphatic hydroxyl groups is 2. The number of rotatable bonds is 10. The molecule has 2 atom stereocenters. The van der Waals surface area contributed by atoms with E-state index in [1.165, 1.54) is 0 Å². The lowest BCUT2D eigenvalue weighted by molar-refractivity contribution is 0.0953. The molecule has 3 N–H and O–H groups in total. The zero-order chi connectivity index (χ0) is 15.7. The minimum atomic E-state index is -0.638. The summed E-state index contributed by atoms with van der Waals surface area (Å²) in [7, 11) is 1.58. The van der Waals surface area contributed by atoms with E-state index in [1.54, 1.807) is 13.2 Å². The molecular formula is C16H27NO4. The van der Waals surface area contributed by atoms with Crippen LogP contribution in [-0.2, 0) is 0 Å². The number of ether oxygens (including phenoxy) is 2. The van der Waals surface area contributed by atoms with Crippen LogP contribution >= 0.6 is 0 Å². The summed E-state index contributed by atoms with van der Waals surface area (Å²) in [6.45, 7) is 5.17. The SMILES string of the molecule is COc1ccccc1OCC(O)CNCC(O)CC(C)C. The Hall–Kier alpha value is -1.30. The molecule has 5 heteroatoms. The maximum Gasteiger partial charge on any atom is 0.161 e. The topological polar surface area (TPSA) is 71.0 Å². The fourth-order valence-electron chi connectivity index (χ4n) is 2.03. The van der Waals surface area contributed by atoms with Crippen molar-refractivity contribution in [3.05, 3.63) is 24.3 Å². The van der Waals surface area contributed by atoms with E-state index in [-0.39, 0.29) is 12.7 Å². The van der Waals surface area contributed by atoms with E-state index in [0.29, 0.717) is 30.5 Å². The summed E-state index contributed by atoms with van der Waals surface area (Å²) in [5.41, 5.74) is 0. The van der Waals surface area contributed by atoms with Gasteiger partial charge in [-0.1, -0.05) is 26.0 Å². The van der Waals surface area contributed by atoms with Crippen LogP contribution in [0.25, 0.3) is 0 Å². The third-order valence-electron chi connectivity index (χ3n) is 3.00. The van der Waals surface area contributed by atoms with Crippen molar-refractivity contribution in [2.45, 2.75) is 32.5 Å². The van der Waals surface area contributed by atoms with Gasteiger partial charge in [0.25, 0.3) is 0 Å². The standard InChI is InChI=1S/C16H27NO4/c1-12(2)8-13(18)9-17-10-14(19)11-21-16-7-5-4-6-15(16)20-3/h4-7,12-14,17-19H,8-11H2,1-3H3. The molecule has 0 bridgehead atoms. The molecule has 0 spiro atoms. The smallest absolute Gasteiger partial charge is 0.161 e. The van der Waals surface area contributed by atoms with E-state index in [0.717, 1.165) is 6.42 Å². The fraction of sp³-hybridized carbons (Fsp3) is 0.625. The molecule has 0 saturated carbocycles. The zero-order valence-electron chi connectivity index (χ0n) is 13.1. The van der Waals surface area contributed by atoms with Crippen LogP contribution in [0.3, 0.4) is 0 Å². The van der Waals surface area contributed by atoms with Crippen molar-refractivity contribution in [1.29, 1.82) is 0 Å². The van der Waals surface area contributed by atoms with Crippen molar-refractivity contribution >= 4 is 0 Å². The molecule has 0 aliphatic carbocycles. The van der Waals surface area contributed by atoms with Crippen LogP contribution in [0.1, 0.15) is 20.3 Å². The van der Waals surface area contributed by atoms with Gasteiger partial charge in [0.2, 0.25) is 0 Å². The lowest BCUT2D eigenvalue weighted by atomic mass is 10.1. The normalized spacial score (nSPS) is 14.0. The predicted octanol–water partition coefficient (Wildman–Crippen LogP) is 1.43. The molecular weight excluding hydrogens is 270 g/mol. The second-order valence-corrected chi connectivity index (χ2v) is 5.56. The first-order chi connectivity index (χ1) is 10.0. The summed E-state index contributed by atoms with van der Waals surface area (Å²) < 4.78 is 10.7. The largest absolute Gasteiger partial charge is 0.493 e. The Labute approximate surface area is 126 Å². The summed E-state index contributed by atoms with van der Waals surface area (Å²) in [5.74, 6) is 1.71. The zero-order valence-corrected chi connectivity index (χ0v) is 13.1. The number of benzene rings is 1. The molecule has 0 heterocycles. The Morgan fingerprint density at radius 2 is 1.67 bits per heavy atom. The number of nitrogens with one attached hydrogen (secondary N) is 1. The van der Waals surface area contributed by atoms with E-state index < -0.39 is 6.10 Å². The van der Waals surface area contributed by atoms with Crippen LogP contribution in [0.5, 0.6) is 11.5 Å². The molecule has 0 fully saturated rings. The van der Waals surface area contributed by atoms with Crippen molar-refractivity contribution in [2.75, 3.05) is 26.8 Å². The minimum absolute atomic E-state index is 0.174. The van der Waals surface area contributed by atoms with Gasteiger partial charge in [-0.2, -0.15) is 0 Å². The van der Waals surface area contributed by atoms with Gasteiger partial charge in [-0.25, -0.2) is 0 Å². The van der Waals surface area contributed by atoms with Gasteiger partial charge < -0.3 is 25.0 Å². The van der Waals surface area contributed by atoms with Gasteiger partial charge >= 0.3 is 0 Å².